The van der Waals surface area contributed by atoms with E-state index in [0.717, 1.165) is 18.5 Å². The number of likely N-dealkylation sites (N-methyl/N-ethyl adjacent to an activating group) is 1. The summed E-state index contributed by atoms with van der Waals surface area (Å²) >= 11 is 6.01. The number of hydrogen-bond donors (Lipinski definition) is 2. The lowest BCUT2D eigenvalue weighted by molar-refractivity contribution is 0.246. The SMILES string of the molecule is CCCC1CC(CN(C)Cc2nc(-c3cccc(Cl)c3)no2)NN1. The summed E-state index contributed by atoms with van der Waals surface area (Å²) in [7, 11) is 2.07. The third-order valence-corrected chi connectivity index (χ3v) is 4.42. The second kappa shape index (κ2) is 8.07. The molecule has 24 heavy (non-hydrogen) atoms. The van der Waals surface area contributed by atoms with Crippen molar-refractivity contribution in [3.63, 3.8) is 0 Å². The number of hydrazine groups is 1. The second-order valence-corrected chi connectivity index (χ2v) is 6.86. The lowest BCUT2D eigenvalue weighted by Crippen LogP contribution is -2.39. The monoisotopic (exact) mass is 349 g/mol. The second-order valence-electron chi connectivity index (χ2n) is 6.43. The van der Waals surface area contributed by atoms with Crippen LogP contribution in [-0.2, 0) is 6.54 Å². The molecule has 2 aromatic rings. The molecular formula is C17H24ClN5O. The molecule has 0 saturated carbocycles. The smallest absolute Gasteiger partial charge is 0.241 e. The predicted octanol–water partition coefficient (Wildman–Crippen LogP) is 2.86. The van der Waals surface area contributed by atoms with Gasteiger partial charge >= 0.3 is 0 Å². The van der Waals surface area contributed by atoms with Gasteiger partial charge in [-0.2, -0.15) is 4.98 Å². The standard InChI is InChI=1S/C17H24ClN5O/c1-3-5-14-9-15(21-20-14)10-23(2)11-16-19-17(22-24-16)12-6-4-7-13(18)8-12/h4,6-8,14-15,20-21H,3,5,9-11H2,1-2H3. The highest BCUT2D eigenvalue weighted by Gasteiger charge is 2.24. The zero-order chi connectivity index (χ0) is 16.9. The van der Waals surface area contributed by atoms with Crippen LogP contribution in [0.25, 0.3) is 11.4 Å². The van der Waals surface area contributed by atoms with E-state index in [0.29, 0.717) is 35.4 Å². The first kappa shape index (κ1) is 17.4. The summed E-state index contributed by atoms with van der Waals surface area (Å²) in [6, 6.07) is 8.49. The summed E-state index contributed by atoms with van der Waals surface area (Å²) in [6.45, 7) is 3.78. The molecule has 2 unspecified atom stereocenters. The fourth-order valence-electron chi connectivity index (χ4n) is 3.09. The van der Waals surface area contributed by atoms with Crippen molar-refractivity contribution >= 4 is 11.6 Å². The van der Waals surface area contributed by atoms with E-state index < -0.39 is 0 Å². The lowest BCUT2D eigenvalue weighted by Gasteiger charge is -2.18. The van der Waals surface area contributed by atoms with Crippen molar-refractivity contribution in [3.05, 3.63) is 35.2 Å². The Labute approximate surface area is 147 Å². The van der Waals surface area contributed by atoms with Gasteiger partial charge in [0.2, 0.25) is 11.7 Å². The molecule has 6 nitrogen and oxygen atoms in total. The van der Waals surface area contributed by atoms with E-state index in [4.69, 9.17) is 16.1 Å². The molecule has 2 heterocycles. The summed E-state index contributed by atoms with van der Waals surface area (Å²) in [5, 5.41) is 4.71. The zero-order valence-corrected chi connectivity index (χ0v) is 14.9. The predicted molar refractivity (Wildman–Crippen MR) is 94.5 cm³/mol. The Morgan fingerprint density at radius 1 is 1.33 bits per heavy atom. The quantitative estimate of drug-likeness (QED) is 0.801. The van der Waals surface area contributed by atoms with Crippen LogP contribution < -0.4 is 10.9 Å². The summed E-state index contributed by atoms with van der Waals surface area (Å²) in [4.78, 5) is 6.66. The normalized spacial score (nSPS) is 20.8. The van der Waals surface area contributed by atoms with Crippen LogP contribution in [0.1, 0.15) is 32.1 Å². The molecule has 0 amide bonds. The molecule has 7 heteroatoms. The van der Waals surface area contributed by atoms with E-state index in [9.17, 15) is 0 Å². The number of rotatable bonds is 7. The molecule has 2 N–H and O–H groups in total. The minimum absolute atomic E-state index is 0.446. The maximum absolute atomic E-state index is 6.01. The van der Waals surface area contributed by atoms with Crippen LogP contribution in [0, 0.1) is 0 Å². The average Bonchev–Trinajstić information content (AvgIpc) is 3.17. The molecule has 0 aliphatic carbocycles. The van der Waals surface area contributed by atoms with Gasteiger partial charge in [-0.25, -0.2) is 0 Å². The first-order valence-corrected chi connectivity index (χ1v) is 8.80. The topological polar surface area (TPSA) is 66.2 Å². The first-order chi connectivity index (χ1) is 11.6. The van der Waals surface area contributed by atoms with Gasteiger partial charge in [0.25, 0.3) is 0 Å². The van der Waals surface area contributed by atoms with Crippen LogP contribution in [0.4, 0.5) is 0 Å². The third kappa shape index (κ3) is 4.54. The average molecular weight is 350 g/mol. The highest BCUT2D eigenvalue weighted by molar-refractivity contribution is 6.30. The maximum atomic E-state index is 6.01. The summed E-state index contributed by atoms with van der Waals surface area (Å²) in [6.07, 6.45) is 3.56. The Balaban J connectivity index is 1.53. The Hall–Kier alpha value is -1.47. The highest BCUT2D eigenvalue weighted by Crippen LogP contribution is 2.20. The molecule has 0 bridgehead atoms. The van der Waals surface area contributed by atoms with Crippen molar-refractivity contribution in [2.24, 2.45) is 0 Å². The van der Waals surface area contributed by atoms with Gasteiger partial charge in [-0.3, -0.25) is 15.8 Å². The van der Waals surface area contributed by atoms with Crippen LogP contribution >= 0.6 is 11.6 Å². The minimum atomic E-state index is 0.446. The van der Waals surface area contributed by atoms with Gasteiger partial charge in [0.1, 0.15) is 0 Å². The van der Waals surface area contributed by atoms with Gasteiger partial charge < -0.3 is 4.52 Å². The fraction of sp³-hybridized carbons (Fsp3) is 0.529. The van der Waals surface area contributed by atoms with E-state index in [1.807, 2.05) is 24.3 Å². The van der Waals surface area contributed by atoms with Gasteiger partial charge in [0.15, 0.2) is 0 Å². The summed E-state index contributed by atoms with van der Waals surface area (Å²) in [5.41, 5.74) is 7.60. The van der Waals surface area contributed by atoms with Crippen molar-refractivity contribution in [1.82, 2.24) is 25.9 Å². The van der Waals surface area contributed by atoms with Crippen molar-refractivity contribution in [1.29, 1.82) is 0 Å². The number of benzene rings is 1. The van der Waals surface area contributed by atoms with Crippen LogP contribution in [0.2, 0.25) is 5.02 Å². The molecule has 2 atom stereocenters. The Bertz CT molecular complexity index is 662. The molecule has 1 aliphatic rings. The van der Waals surface area contributed by atoms with Crippen molar-refractivity contribution in [3.8, 4) is 11.4 Å². The maximum Gasteiger partial charge on any atom is 0.241 e. The Kier molecular flexibility index (Phi) is 5.84. The van der Waals surface area contributed by atoms with Crippen LogP contribution in [0.15, 0.2) is 28.8 Å². The van der Waals surface area contributed by atoms with E-state index in [1.54, 1.807) is 0 Å². The van der Waals surface area contributed by atoms with E-state index in [-0.39, 0.29) is 0 Å². The number of hydrogen-bond acceptors (Lipinski definition) is 6. The molecule has 0 spiro atoms. The Morgan fingerprint density at radius 3 is 2.96 bits per heavy atom. The van der Waals surface area contributed by atoms with Crippen molar-refractivity contribution in [2.45, 2.75) is 44.8 Å². The third-order valence-electron chi connectivity index (χ3n) is 4.19. The number of halogens is 1. The van der Waals surface area contributed by atoms with Crippen LogP contribution in [0.5, 0.6) is 0 Å². The molecule has 1 aromatic heterocycles. The van der Waals surface area contributed by atoms with Crippen molar-refractivity contribution in [2.75, 3.05) is 13.6 Å². The van der Waals surface area contributed by atoms with Gasteiger partial charge in [-0.15, -0.1) is 0 Å². The van der Waals surface area contributed by atoms with Crippen LogP contribution in [0.3, 0.4) is 0 Å². The van der Waals surface area contributed by atoms with Crippen LogP contribution in [-0.4, -0.2) is 40.7 Å². The van der Waals surface area contributed by atoms with E-state index in [1.165, 1.54) is 12.8 Å². The molecule has 1 saturated heterocycles. The molecule has 1 aromatic carbocycles. The number of nitrogens with one attached hydrogen (secondary N) is 2. The summed E-state index contributed by atoms with van der Waals surface area (Å²) < 4.78 is 5.37. The molecule has 1 fully saturated rings. The Morgan fingerprint density at radius 2 is 2.17 bits per heavy atom. The minimum Gasteiger partial charge on any atom is -0.338 e. The molecule has 3 rings (SSSR count). The molecule has 130 valence electrons. The molecule has 0 radical (unpaired) electrons. The number of aromatic nitrogens is 2. The lowest BCUT2D eigenvalue weighted by atomic mass is 10.1. The van der Waals surface area contributed by atoms with E-state index in [2.05, 4.69) is 39.9 Å². The summed E-state index contributed by atoms with van der Waals surface area (Å²) in [5.74, 6) is 1.19. The van der Waals surface area contributed by atoms with Gasteiger partial charge in [0, 0.05) is 29.2 Å². The largest absolute Gasteiger partial charge is 0.338 e. The van der Waals surface area contributed by atoms with Gasteiger partial charge in [0.05, 0.1) is 6.54 Å². The number of nitrogens with zero attached hydrogens (tertiary/aromatic N) is 3. The van der Waals surface area contributed by atoms with Gasteiger partial charge in [-0.05, 0) is 32.0 Å². The van der Waals surface area contributed by atoms with Crippen molar-refractivity contribution < 1.29 is 4.52 Å². The molecule has 1 aliphatic heterocycles. The first-order valence-electron chi connectivity index (χ1n) is 8.42. The van der Waals surface area contributed by atoms with E-state index >= 15 is 0 Å². The van der Waals surface area contributed by atoms with Gasteiger partial charge in [-0.1, -0.05) is 42.2 Å². The highest BCUT2D eigenvalue weighted by atomic mass is 35.5. The fourth-order valence-corrected chi connectivity index (χ4v) is 3.28. The molecular weight excluding hydrogens is 326 g/mol. The zero-order valence-electron chi connectivity index (χ0n) is 14.1.